The van der Waals surface area contributed by atoms with Gasteiger partial charge >= 0.3 is 47.0 Å². The molecular formula is C106H166F2NO21S3+. The zero-order chi connectivity index (χ0) is 91.7. The van der Waals surface area contributed by atoms with Crippen LogP contribution in [0.15, 0.2) is 129 Å². The third-order valence-electron chi connectivity index (χ3n) is 27.1. The highest BCUT2D eigenvalue weighted by atomic mass is 32.2. The zero-order valence-corrected chi connectivity index (χ0v) is 78.6. The molecule has 22 nitrogen and oxygen atoms in total. The summed E-state index contributed by atoms with van der Waals surface area (Å²) in [5.41, 5.74) is -3.03. The molecule has 6 bridgehead atoms. The first-order valence-electron chi connectivity index (χ1n) is 44.7. The fourth-order valence-electron chi connectivity index (χ4n) is 18.2. The molecule has 8 aliphatic carbocycles. The predicted octanol–water partition coefficient (Wildman–Crippen LogP) is 24.5. The van der Waals surface area contributed by atoms with Crippen LogP contribution in [0.4, 0.5) is 8.78 Å². The summed E-state index contributed by atoms with van der Waals surface area (Å²) in [6.45, 7) is 25.6. The molecule has 752 valence electrons. The molecular weight excluding hydrogens is 1760 g/mol. The van der Waals surface area contributed by atoms with Gasteiger partial charge in [-0.15, -0.1) is 0 Å². The van der Waals surface area contributed by atoms with E-state index in [0.29, 0.717) is 54.8 Å². The minimum absolute atomic E-state index is 0. The van der Waals surface area contributed by atoms with Crippen molar-refractivity contribution in [3.8, 4) is 23.3 Å². The van der Waals surface area contributed by atoms with Gasteiger partial charge in [-0.05, 0) is 269 Å². The van der Waals surface area contributed by atoms with Crippen molar-refractivity contribution >= 4 is 84.5 Å². The molecule has 8 saturated carbocycles. The number of aryl methyl sites for hydroxylation is 1. The summed E-state index contributed by atoms with van der Waals surface area (Å²) in [6, 6.07) is 40.9. The number of carbonyl (C=O) groups is 7. The average Bonchev–Trinajstić information content (AvgIpc) is 1.55. The van der Waals surface area contributed by atoms with Crippen molar-refractivity contribution in [2.75, 3.05) is 52.2 Å². The maximum Gasteiger partial charge on any atom is 0.428 e. The summed E-state index contributed by atoms with van der Waals surface area (Å²) in [6.07, 6.45) is 23.4. The molecule has 7 atom stereocenters. The number of carbonyl (C=O) groups excluding carboxylic acids is 7. The molecule has 2 saturated heterocycles. The Hall–Kier alpha value is -8.03. The number of halogens is 2. The quantitative estimate of drug-likeness (QED) is 0.0160. The van der Waals surface area contributed by atoms with Crippen LogP contribution in [-0.4, -0.2) is 146 Å². The van der Waals surface area contributed by atoms with Gasteiger partial charge in [-0.1, -0.05) is 156 Å². The maximum absolute atomic E-state index is 12.7. The lowest BCUT2D eigenvalue weighted by Crippen LogP contribution is -2.61. The zero-order valence-electron chi connectivity index (χ0n) is 76.2. The number of aliphatic hydroxyl groups is 1. The van der Waals surface area contributed by atoms with Crippen molar-refractivity contribution in [3.05, 3.63) is 115 Å². The third-order valence-corrected chi connectivity index (χ3v) is 32.6. The molecule has 27 heteroatoms. The van der Waals surface area contributed by atoms with Crippen molar-refractivity contribution in [1.82, 2.24) is 0 Å². The van der Waals surface area contributed by atoms with E-state index in [-0.39, 0.29) is 111 Å². The third kappa shape index (κ3) is 30.7. The Kier molecular flexibility index (Phi) is 48.5. The molecule has 10 aliphatic rings. The van der Waals surface area contributed by atoms with E-state index >= 15 is 0 Å². The molecule has 2 heterocycles. The molecule has 5 aromatic rings. The van der Waals surface area contributed by atoms with Crippen LogP contribution in [0.1, 0.15) is 309 Å². The standard InChI is InChI=1S/C21H21O2S.C21H27OS.C17H21NO6.C16H26O3.C13H24O2.C10H16F2O7S.8CH4/c1-16-7-4-10-19(13-16)24(20-11-5-8-17(14-20)22-2)21-12-6-9-18(15-21)23-3;1-2-8-17(9-3-1)16-22-20-12-13-21(23-14-6-7-15-23)19-11-5-4-10-18(19)20;1-4-16(2,3)14(20)22-7-11(19)23-12-9-5-10-13(12)24-15(21)17(10,6-9)8-18;1-4-14(2,3)13(17)19-16-8-11-5-12(9-16)7-15(18,6-11)10-16;1-5-12(3,4)11(14)15-13(6-2)9-7-8-10-13;1-4-9(2,3)7(13)18-5-6-19-8(14)10(11,12)20(15,16)17;;;;;;;;/h4-15H,1-3H3;4-5,10-13,17H,1-3,6-9,14-16H2;9-10,12-13H,4-7H2,1-3H3;11-12,18H,4-10H2,1-3H3;5-10H2,1-4H3;4-6H2,1-3H3,(H,15,16,17);8*1H4/q2*+1;;;;;;;;;;;;/p-1. The van der Waals surface area contributed by atoms with Crippen LogP contribution in [0, 0.1) is 74.9 Å². The molecule has 2 aliphatic heterocycles. The van der Waals surface area contributed by atoms with E-state index in [9.17, 15) is 65.7 Å². The number of nitrogens with zero attached hydrogens (tertiary/aromatic N) is 1. The topological polar surface area (TPSA) is 313 Å². The SMILES string of the molecule is C.C.C.C.C.C.C.C.CCC(C)(C)C(=O)OC12CC3CC(CC(O)(C3)C1)C2.CCC(C)(C)C(=O)OCC(=O)OC1C2CC3C1OC(=O)C3(C#N)C2.CCC(C)(C)C(=O)OCCOC(=O)C(F)(F)S(=O)(=O)[O-].CCC1(OC(=O)C(C)(C)CC)CCCC1.COc1cccc([S+](c2cccc(C)c2)c2cccc(OC)c2)c1.c1ccc2c([S+]3CCCC3)ccc(OCC3CCCCC3)c2c1. The normalized spacial score (nSPS) is 22.5. The van der Waals surface area contributed by atoms with Crippen LogP contribution in [0.5, 0.6) is 17.2 Å². The molecule has 0 radical (unpaired) electrons. The number of esters is 7. The van der Waals surface area contributed by atoms with Crippen LogP contribution in [0.3, 0.4) is 0 Å². The van der Waals surface area contributed by atoms with Gasteiger partial charge in [0.1, 0.15) is 65.4 Å². The van der Waals surface area contributed by atoms with Gasteiger partial charge in [-0.2, -0.15) is 14.0 Å². The highest BCUT2D eigenvalue weighted by Gasteiger charge is 2.72. The lowest BCUT2D eigenvalue weighted by molar-refractivity contribution is -0.225. The Morgan fingerprint density at radius 1 is 0.586 bits per heavy atom. The number of ether oxygens (including phenoxy) is 10. The van der Waals surface area contributed by atoms with Crippen LogP contribution in [-0.2, 0) is 98.6 Å². The largest absolute Gasteiger partial charge is 0.743 e. The first-order valence-corrected chi connectivity index (χ1v) is 48.9. The van der Waals surface area contributed by atoms with Gasteiger partial charge in [0, 0.05) is 52.1 Å². The second-order valence-corrected chi connectivity index (χ2v) is 43.6. The molecule has 0 amide bonds. The average molecular weight is 1920 g/mol. The van der Waals surface area contributed by atoms with Crippen LogP contribution in [0.2, 0.25) is 0 Å². The monoisotopic (exact) mass is 1920 g/mol. The number of rotatable bonds is 28. The van der Waals surface area contributed by atoms with E-state index in [1.165, 1.54) is 107 Å². The van der Waals surface area contributed by atoms with E-state index in [2.05, 4.69) is 114 Å². The Morgan fingerprint density at radius 3 is 1.55 bits per heavy atom. The summed E-state index contributed by atoms with van der Waals surface area (Å²) in [5, 5.41) is 17.6. The second-order valence-electron chi connectivity index (χ2n) is 37.9. The van der Waals surface area contributed by atoms with Gasteiger partial charge < -0.3 is 57.0 Å². The van der Waals surface area contributed by atoms with Crippen LogP contribution < -0.4 is 14.2 Å². The minimum atomic E-state index is -6.15. The summed E-state index contributed by atoms with van der Waals surface area (Å²) in [7, 11) is -2.49. The van der Waals surface area contributed by atoms with Crippen molar-refractivity contribution in [2.24, 2.45) is 56.7 Å². The van der Waals surface area contributed by atoms with Crippen molar-refractivity contribution in [1.29, 1.82) is 5.26 Å². The molecule has 5 aromatic carbocycles. The van der Waals surface area contributed by atoms with Gasteiger partial charge in [0.2, 0.25) is 0 Å². The van der Waals surface area contributed by atoms with Crippen molar-refractivity contribution < 1.29 is 108 Å². The number of methoxy groups -OCH3 is 2. The lowest BCUT2D eigenvalue weighted by Gasteiger charge is -2.59. The Balaban J connectivity index is 0.000000793. The van der Waals surface area contributed by atoms with Crippen LogP contribution in [0.25, 0.3) is 10.8 Å². The summed E-state index contributed by atoms with van der Waals surface area (Å²) in [5.74, 6) is 2.38. The number of nitriles is 1. The molecule has 0 aromatic heterocycles. The Morgan fingerprint density at radius 2 is 1.07 bits per heavy atom. The van der Waals surface area contributed by atoms with Crippen LogP contribution >= 0.6 is 0 Å². The van der Waals surface area contributed by atoms with Gasteiger partial charge in [0.15, 0.2) is 41.7 Å². The first kappa shape index (κ1) is 123. The van der Waals surface area contributed by atoms with E-state index in [0.717, 1.165) is 87.6 Å². The molecule has 1 N–H and O–H groups in total. The smallest absolute Gasteiger partial charge is 0.428 e. The number of alkyl halides is 2. The van der Waals surface area contributed by atoms with Gasteiger partial charge in [0.05, 0.1) is 65.1 Å². The van der Waals surface area contributed by atoms with E-state index in [4.69, 9.17) is 37.9 Å². The maximum atomic E-state index is 12.7. The molecule has 10 fully saturated rings. The molecule has 15 rings (SSSR count). The van der Waals surface area contributed by atoms with E-state index in [1.807, 2.05) is 72.7 Å². The summed E-state index contributed by atoms with van der Waals surface area (Å²) < 4.78 is 109. The Labute approximate surface area is 803 Å². The fourth-order valence-corrected chi connectivity index (χ4v) is 23.1. The second kappa shape index (κ2) is 52.5. The summed E-state index contributed by atoms with van der Waals surface area (Å²) in [4.78, 5) is 87.7. The van der Waals surface area contributed by atoms with Gasteiger partial charge in [0.25, 0.3) is 0 Å². The highest BCUT2D eigenvalue weighted by molar-refractivity contribution is 7.97. The molecule has 0 spiro atoms. The summed E-state index contributed by atoms with van der Waals surface area (Å²) >= 11 is 0. The van der Waals surface area contributed by atoms with E-state index < -0.39 is 105 Å². The predicted molar refractivity (Wildman–Crippen MR) is 528 cm³/mol. The Bertz CT molecular complexity index is 4640. The minimum Gasteiger partial charge on any atom is -0.743 e. The number of hydrogen-bond acceptors (Lipinski definition) is 22. The first-order chi connectivity index (χ1) is 58.9. The molecule has 133 heavy (non-hydrogen) atoms. The highest BCUT2D eigenvalue weighted by Crippen LogP contribution is 2.63. The van der Waals surface area contributed by atoms with Crippen molar-refractivity contribution in [2.45, 2.75) is 364 Å². The van der Waals surface area contributed by atoms with E-state index in [1.54, 1.807) is 53.7 Å². The number of hydrogen-bond donors (Lipinski definition) is 1. The van der Waals surface area contributed by atoms with Gasteiger partial charge in [-0.3, -0.25) is 24.0 Å². The van der Waals surface area contributed by atoms with Crippen molar-refractivity contribution in [3.63, 3.8) is 0 Å². The fraction of sp³-hybridized carbons (Fsp3) is 0.660. The number of benzene rings is 5. The molecule has 7 unspecified atom stereocenters. The van der Waals surface area contributed by atoms with Gasteiger partial charge in [-0.25, -0.2) is 18.0 Å². The number of fused-ring (bicyclic) bond motifs is 2. The lowest BCUT2D eigenvalue weighted by atomic mass is 9.52.